The standard InChI is InChI=1S/C15H20N2O5/c1-3-22-15(21)10(2)8-16-13(19)9-17-14(20)11-4-6-12(18)7-5-11/h4-7,10,18H,3,8-9H2,1-2H3,(H,16,19)(H,17,20). The summed E-state index contributed by atoms with van der Waals surface area (Å²) in [5, 5.41) is 14.1. The number of carbonyl (C=O) groups is 3. The molecule has 0 heterocycles. The third kappa shape index (κ3) is 5.82. The summed E-state index contributed by atoms with van der Waals surface area (Å²) < 4.78 is 4.82. The lowest BCUT2D eigenvalue weighted by Crippen LogP contribution is -2.39. The molecular formula is C15H20N2O5. The van der Waals surface area contributed by atoms with Crippen LogP contribution in [0.1, 0.15) is 24.2 Å². The molecule has 22 heavy (non-hydrogen) atoms. The second kappa shape index (κ2) is 8.66. The SMILES string of the molecule is CCOC(=O)C(C)CNC(=O)CNC(=O)c1ccc(O)cc1. The van der Waals surface area contributed by atoms with Crippen molar-refractivity contribution < 1.29 is 24.2 Å². The van der Waals surface area contributed by atoms with Gasteiger partial charge in [0.25, 0.3) is 5.91 Å². The monoisotopic (exact) mass is 308 g/mol. The molecule has 1 unspecified atom stereocenters. The average molecular weight is 308 g/mol. The van der Waals surface area contributed by atoms with Crippen LogP contribution in [0.2, 0.25) is 0 Å². The topological polar surface area (TPSA) is 105 Å². The zero-order chi connectivity index (χ0) is 16.5. The summed E-state index contributed by atoms with van der Waals surface area (Å²) in [6, 6.07) is 5.67. The summed E-state index contributed by atoms with van der Waals surface area (Å²) >= 11 is 0. The van der Waals surface area contributed by atoms with Crippen molar-refractivity contribution in [1.82, 2.24) is 10.6 Å². The number of benzene rings is 1. The van der Waals surface area contributed by atoms with Crippen LogP contribution in [-0.4, -0.2) is 42.6 Å². The van der Waals surface area contributed by atoms with E-state index in [0.717, 1.165) is 0 Å². The molecule has 1 rings (SSSR count). The van der Waals surface area contributed by atoms with Crippen molar-refractivity contribution in [3.8, 4) is 5.75 Å². The number of aromatic hydroxyl groups is 1. The van der Waals surface area contributed by atoms with Crippen LogP contribution < -0.4 is 10.6 Å². The molecule has 1 atom stereocenters. The number of hydrogen-bond donors (Lipinski definition) is 3. The summed E-state index contributed by atoms with van der Waals surface area (Å²) in [6.45, 7) is 3.59. The molecule has 7 heteroatoms. The van der Waals surface area contributed by atoms with E-state index in [0.29, 0.717) is 12.2 Å². The lowest BCUT2D eigenvalue weighted by atomic mass is 10.2. The summed E-state index contributed by atoms with van der Waals surface area (Å²) in [6.07, 6.45) is 0. The molecular weight excluding hydrogens is 288 g/mol. The van der Waals surface area contributed by atoms with Crippen molar-refractivity contribution >= 4 is 17.8 Å². The summed E-state index contributed by atoms with van der Waals surface area (Å²) in [5.74, 6) is -1.59. The molecule has 0 spiro atoms. The van der Waals surface area contributed by atoms with Crippen molar-refractivity contribution in [2.24, 2.45) is 5.92 Å². The van der Waals surface area contributed by atoms with Crippen LogP contribution in [0.25, 0.3) is 0 Å². The fraction of sp³-hybridized carbons (Fsp3) is 0.400. The highest BCUT2D eigenvalue weighted by Crippen LogP contribution is 2.09. The highest BCUT2D eigenvalue weighted by molar-refractivity contribution is 5.96. The number of nitrogens with one attached hydrogen (secondary N) is 2. The van der Waals surface area contributed by atoms with Gasteiger partial charge in [0.2, 0.25) is 5.91 Å². The summed E-state index contributed by atoms with van der Waals surface area (Å²) in [7, 11) is 0. The summed E-state index contributed by atoms with van der Waals surface area (Å²) in [5.41, 5.74) is 0.338. The number of rotatable bonds is 7. The Bertz CT molecular complexity index is 527. The van der Waals surface area contributed by atoms with Gasteiger partial charge in [0.1, 0.15) is 5.75 Å². The van der Waals surface area contributed by atoms with Crippen LogP contribution in [0, 0.1) is 5.92 Å². The van der Waals surface area contributed by atoms with E-state index in [9.17, 15) is 14.4 Å². The minimum Gasteiger partial charge on any atom is -0.508 e. The molecule has 7 nitrogen and oxygen atoms in total. The van der Waals surface area contributed by atoms with Gasteiger partial charge in [0.15, 0.2) is 0 Å². The Morgan fingerprint density at radius 2 is 1.82 bits per heavy atom. The molecule has 0 aliphatic rings. The van der Waals surface area contributed by atoms with Crippen LogP contribution >= 0.6 is 0 Å². The fourth-order valence-electron chi connectivity index (χ4n) is 1.57. The first-order valence-electron chi connectivity index (χ1n) is 6.94. The highest BCUT2D eigenvalue weighted by atomic mass is 16.5. The van der Waals surface area contributed by atoms with E-state index in [-0.39, 0.29) is 24.8 Å². The molecule has 0 radical (unpaired) electrons. The molecule has 3 N–H and O–H groups in total. The van der Waals surface area contributed by atoms with Crippen LogP contribution in [0.3, 0.4) is 0 Å². The van der Waals surface area contributed by atoms with Crippen molar-refractivity contribution in [2.75, 3.05) is 19.7 Å². The van der Waals surface area contributed by atoms with Crippen molar-refractivity contribution in [3.05, 3.63) is 29.8 Å². The second-order valence-electron chi connectivity index (χ2n) is 4.69. The van der Waals surface area contributed by atoms with Crippen LogP contribution in [0.15, 0.2) is 24.3 Å². The third-order valence-electron chi connectivity index (χ3n) is 2.83. The number of esters is 1. The minimum absolute atomic E-state index is 0.0576. The predicted octanol–water partition coefficient (Wildman–Crippen LogP) is 0.437. The van der Waals surface area contributed by atoms with Gasteiger partial charge < -0.3 is 20.5 Å². The van der Waals surface area contributed by atoms with Crippen molar-refractivity contribution in [2.45, 2.75) is 13.8 Å². The van der Waals surface area contributed by atoms with E-state index in [1.807, 2.05) is 0 Å². The molecule has 0 bridgehead atoms. The van der Waals surface area contributed by atoms with Crippen molar-refractivity contribution in [3.63, 3.8) is 0 Å². The lowest BCUT2D eigenvalue weighted by Gasteiger charge is -2.12. The Hall–Kier alpha value is -2.57. The molecule has 1 aromatic carbocycles. The largest absolute Gasteiger partial charge is 0.508 e. The quantitative estimate of drug-likeness (QED) is 0.634. The van der Waals surface area contributed by atoms with Gasteiger partial charge in [-0.15, -0.1) is 0 Å². The van der Waals surface area contributed by atoms with Crippen LogP contribution in [0.5, 0.6) is 5.75 Å². The molecule has 0 saturated carbocycles. The Morgan fingerprint density at radius 3 is 2.41 bits per heavy atom. The van der Waals surface area contributed by atoms with E-state index in [1.165, 1.54) is 24.3 Å². The van der Waals surface area contributed by atoms with Gasteiger partial charge in [0.05, 0.1) is 19.1 Å². The molecule has 0 fully saturated rings. The second-order valence-corrected chi connectivity index (χ2v) is 4.69. The highest BCUT2D eigenvalue weighted by Gasteiger charge is 2.15. The van der Waals surface area contributed by atoms with Gasteiger partial charge in [-0.3, -0.25) is 14.4 Å². The first-order chi connectivity index (χ1) is 10.4. The fourth-order valence-corrected chi connectivity index (χ4v) is 1.57. The minimum atomic E-state index is -0.447. The molecule has 0 aliphatic carbocycles. The van der Waals surface area contributed by atoms with Gasteiger partial charge in [-0.1, -0.05) is 6.92 Å². The third-order valence-corrected chi connectivity index (χ3v) is 2.83. The zero-order valence-electron chi connectivity index (χ0n) is 12.6. The number of phenolic OH excluding ortho intramolecular Hbond substituents is 1. The van der Waals surface area contributed by atoms with Crippen molar-refractivity contribution in [1.29, 1.82) is 0 Å². The average Bonchev–Trinajstić information content (AvgIpc) is 2.51. The molecule has 120 valence electrons. The Morgan fingerprint density at radius 1 is 1.18 bits per heavy atom. The van der Waals surface area contributed by atoms with Crippen LogP contribution in [0.4, 0.5) is 0 Å². The maximum absolute atomic E-state index is 11.7. The summed E-state index contributed by atoms with van der Waals surface area (Å²) in [4.78, 5) is 34.7. The van der Waals surface area contributed by atoms with E-state index < -0.39 is 17.7 Å². The molecule has 0 aliphatic heterocycles. The number of carbonyl (C=O) groups excluding carboxylic acids is 3. The smallest absolute Gasteiger partial charge is 0.310 e. The maximum atomic E-state index is 11.7. The van der Waals surface area contributed by atoms with E-state index in [2.05, 4.69) is 10.6 Å². The first kappa shape index (κ1) is 17.5. The van der Waals surface area contributed by atoms with Gasteiger partial charge in [-0.25, -0.2) is 0 Å². The van der Waals surface area contributed by atoms with Crippen LogP contribution in [-0.2, 0) is 14.3 Å². The zero-order valence-corrected chi connectivity index (χ0v) is 12.6. The van der Waals surface area contributed by atoms with E-state index in [4.69, 9.17) is 9.84 Å². The number of hydrogen-bond acceptors (Lipinski definition) is 5. The van der Waals surface area contributed by atoms with E-state index >= 15 is 0 Å². The number of ether oxygens (including phenoxy) is 1. The van der Waals surface area contributed by atoms with E-state index in [1.54, 1.807) is 13.8 Å². The number of phenols is 1. The molecule has 1 aromatic rings. The molecule has 0 saturated heterocycles. The van der Waals surface area contributed by atoms with Gasteiger partial charge in [-0.05, 0) is 31.2 Å². The van der Waals surface area contributed by atoms with Gasteiger partial charge in [-0.2, -0.15) is 0 Å². The molecule has 0 aromatic heterocycles. The van der Waals surface area contributed by atoms with Gasteiger partial charge >= 0.3 is 5.97 Å². The normalized spacial score (nSPS) is 11.4. The Labute approximate surface area is 128 Å². The van der Waals surface area contributed by atoms with Gasteiger partial charge in [0, 0.05) is 12.1 Å². The molecule has 2 amide bonds. The maximum Gasteiger partial charge on any atom is 0.310 e. The Kier molecular flexibility index (Phi) is 6.88. The number of amides is 2. The predicted molar refractivity (Wildman–Crippen MR) is 79.2 cm³/mol. The first-order valence-corrected chi connectivity index (χ1v) is 6.94. The lowest BCUT2D eigenvalue weighted by molar-refractivity contribution is -0.147. The Balaban J connectivity index is 2.32.